The Bertz CT molecular complexity index is 1200. The number of amides is 1. The van der Waals surface area contributed by atoms with Gasteiger partial charge in [0.1, 0.15) is 5.58 Å². The number of methoxy groups -OCH3 is 1. The maximum Gasteiger partial charge on any atom is 0.290 e. The third kappa shape index (κ3) is 3.26. The highest BCUT2D eigenvalue weighted by molar-refractivity contribution is 9.10. The first-order valence-electron chi connectivity index (χ1n) is 9.41. The monoisotopic (exact) mass is 472 g/mol. The molecule has 1 atom stereocenters. The summed E-state index contributed by atoms with van der Waals surface area (Å²) in [5.41, 5.74) is 1.09. The van der Waals surface area contributed by atoms with Crippen LogP contribution in [0.3, 0.4) is 0 Å². The number of ether oxygens (including phenoxy) is 1. The lowest BCUT2D eigenvalue weighted by molar-refractivity contribution is 0.0716. The molecule has 8 heteroatoms. The van der Waals surface area contributed by atoms with Crippen molar-refractivity contribution in [2.24, 2.45) is 0 Å². The van der Waals surface area contributed by atoms with Crippen LogP contribution >= 0.6 is 15.9 Å². The van der Waals surface area contributed by atoms with E-state index in [-0.39, 0.29) is 28.6 Å². The van der Waals surface area contributed by atoms with Crippen molar-refractivity contribution >= 4 is 32.8 Å². The quantitative estimate of drug-likeness (QED) is 0.612. The second-order valence-electron chi connectivity index (χ2n) is 7.43. The summed E-state index contributed by atoms with van der Waals surface area (Å²) in [4.78, 5) is 30.3. The second-order valence-corrected chi connectivity index (χ2v) is 8.28. The Morgan fingerprint density at radius 1 is 1.23 bits per heavy atom. The predicted octanol–water partition coefficient (Wildman–Crippen LogP) is 3.38. The lowest BCUT2D eigenvalue weighted by Gasteiger charge is -2.27. The molecule has 0 fully saturated rings. The summed E-state index contributed by atoms with van der Waals surface area (Å²) in [5.74, 6) is -0.0670. The summed E-state index contributed by atoms with van der Waals surface area (Å²) >= 11 is 3.34. The minimum atomic E-state index is -0.654. The number of para-hydroxylation sites is 1. The molecule has 0 saturated heterocycles. The lowest BCUT2D eigenvalue weighted by atomic mass is 9.98. The lowest BCUT2D eigenvalue weighted by Crippen LogP contribution is -2.35. The van der Waals surface area contributed by atoms with E-state index in [0.29, 0.717) is 39.7 Å². The molecular formula is C22H21BrN2O5. The van der Waals surface area contributed by atoms with E-state index in [9.17, 15) is 14.7 Å². The van der Waals surface area contributed by atoms with Crippen LogP contribution in [0, 0.1) is 0 Å². The molecule has 30 heavy (non-hydrogen) atoms. The van der Waals surface area contributed by atoms with Gasteiger partial charge in [-0.3, -0.25) is 9.59 Å². The highest BCUT2D eigenvalue weighted by atomic mass is 79.9. The molecule has 0 aliphatic carbocycles. The van der Waals surface area contributed by atoms with Crippen molar-refractivity contribution in [1.82, 2.24) is 9.80 Å². The Morgan fingerprint density at radius 2 is 1.97 bits per heavy atom. The number of aromatic hydroxyl groups is 1. The first kappa shape index (κ1) is 20.4. The van der Waals surface area contributed by atoms with Gasteiger partial charge in [0, 0.05) is 13.1 Å². The Labute approximate surface area is 181 Å². The van der Waals surface area contributed by atoms with Crippen LogP contribution in [-0.2, 0) is 0 Å². The number of phenols is 1. The van der Waals surface area contributed by atoms with Crippen LogP contribution in [-0.4, -0.2) is 55.1 Å². The zero-order valence-electron chi connectivity index (χ0n) is 16.8. The first-order valence-corrected chi connectivity index (χ1v) is 10.2. The van der Waals surface area contributed by atoms with Gasteiger partial charge >= 0.3 is 0 Å². The van der Waals surface area contributed by atoms with Gasteiger partial charge in [0.25, 0.3) is 5.91 Å². The molecule has 1 unspecified atom stereocenters. The number of likely N-dealkylation sites (N-methyl/N-ethyl adjacent to an activating group) is 1. The number of carbonyl (C=O) groups is 1. The van der Waals surface area contributed by atoms with E-state index in [0.717, 1.165) is 0 Å². The van der Waals surface area contributed by atoms with Gasteiger partial charge in [-0.2, -0.15) is 0 Å². The van der Waals surface area contributed by atoms with Crippen molar-refractivity contribution in [3.05, 3.63) is 68.0 Å². The van der Waals surface area contributed by atoms with Crippen molar-refractivity contribution in [3.8, 4) is 11.5 Å². The number of nitrogens with zero attached hydrogens (tertiary/aromatic N) is 2. The second kappa shape index (κ2) is 7.77. The zero-order valence-corrected chi connectivity index (χ0v) is 18.4. The fraction of sp³-hybridized carbons (Fsp3) is 0.273. The number of carbonyl (C=O) groups excluding carboxylic acids is 1. The fourth-order valence-electron chi connectivity index (χ4n) is 3.76. The molecule has 1 aliphatic heterocycles. The average molecular weight is 473 g/mol. The van der Waals surface area contributed by atoms with Gasteiger partial charge in [-0.25, -0.2) is 0 Å². The molecular weight excluding hydrogens is 452 g/mol. The van der Waals surface area contributed by atoms with Gasteiger partial charge in [0.2, 0.25) is 5.76 Å². The highest BCUT2D eigenvalue weighted by Gasteiger charge is 2.43. The van der Waals surface area contributed by atoms with Crippen molar-refractivity contribution in [1.29, 1.82) is 0 Å². The van der Waals surface area contributed by atoms with Crippen LogP contribution in [0.25, 0.3) is 11.0 Å². The summed E-state index contributed by atoms with van der Waals surface area (Å²) in [7, 11) is 5.28. The molecule has 3 aromatic rings. The van der Waals surface area contributed by atoms with Gasteiger partial charge in [-0.05, 0) is 59.9 Å². The van der Waals surface area contributed by atoms with E-state index in [4.69, 9.17) is 9.15 Å². The minimum absolute atomic E-state index is 0.0452. The minimum Gasteiger partial charge on any atom is -0.503 e. The molecule has 0 bridgehead atoms. The maximum absolute atomic E-state index is 13.4. The molecule has 1 N–H and O–H groups in total. The summed E-state index contributed by atoms with van der Waals surface area (Å²) in [6.07, 6.45) is 0. The van der Waals surface area contributed by atoms with Crippen molar-refractivity contribution in [2.45, 2.75) is 6.04 Å². The van der Waals surface area contributed by atoms with Gasteiger partial charge in [0.05, 0.1) is 28.6 Å². The highest BCUT2D eigenvalue weighted by Crippen LogP contribution is 2.43. The third-order valence-electron chi connectivity index (χ3n) is 5.25. The molecule has 1 aromatic heterocycles. The largest absolute Gasteiger partial charge is 0.503 e. The fourth-order valence-corrected chi connectivity index (χ4v) is 4.22. The standard InChI is InChI=1S/C22H21BrN2O5/c1-24(2)8-9-25-18(12-10-14(23)20(27)16(11-12)29-3)17-19(26)13-6-4-5-7-15(13)30-21(17)22(25)28/h4-7,10-11,18,27H,8-9H2,1-3H3. The van der Waals surface area contributed by atoms with Crippen LogP contribution in [0.4, 0.5) is 0 Å². The molecule has 156 valence electrons. The third-order valence-corrected chi connectivity index (χ3v) is 5.85. The van der Waals surface area contributed by atoms with E-state index < -0.39 is 6.04 Å². The normalized spacial score (nSPS) is 15.8. The van der Waals surface area contributed by atoms with Crippen LogP contribution in [0.2, 0.25) is 0 Å². The summed E-state index contributed by atoms with van der Waals surface area (Å²) < 4.78 is 11.6. The molecule has 1 amide bonds. The average Bonchev–Trinajstić information content (AvgIpc) is 3.00. The molecule has 0 saturated carbocycles. The Balaban J connectivity index is 1.97. The number of phenolic OH excluding ortho intramolecular Hbond substituents is 1. The number of fused-ring (bicyclic) bond motifs is 2. The van der Waals surface area contributed by atoms with Crippen LogP contribution in [0.5, 0.6) is 11.5 Å². The zero-order chi connectivity index (χ0) is 21.6. The molecule has 0 spiro atoms. The summed E-state index contributed by atoms with van der Waals surface area (Å²) in [5, 5.41) is 10.6. The molecule has 7 nitrogen and oxygen atoms in total. The van der Waals surface area contributed by atoms with Crippen LogP contribution in [0.15, 0.2) is 50.1 Å². The van der Waals surface area contributed by atoms with Gasteiger partial charge in [0.15, 0.2) is 16.9 Å². The molecule has 2 heterocycles. The van der Waals surface area contributed by atoms with E-state index in [1.54, 1.807) is 41.3 Å². The summed E-state index contributed by atoms with van der Waals surface area (Å²) in [6.45, 7) is 1.01. The number of hydrogen-bond acceptors (Lipinski definition) is 6. The van der Waals surface area contributed by atoms with Crippen molar-refractivity contribution in [2.75, 3.05) is 34.3 Å². The van der Waals surface area contributed by atoms with E-state index in [1.165, 1.54) is 7.11 Å². The Kier molecular flexibility index (Phi) is 5.29. The van der Waals surface area contributed by atoms with Gasteiger partial charge < -0.3 is 24.1 Å². The Morgan fingerprint density at radius 3 is 2.67 bits per heavy atom. The van der Waals surface area contributed by atoms with Gasteiger partial charge in [-0.1, -0.05) is 12.1 Å². The number of rotatable bonds is 5. The van der Waals surface area contributed by atoms with E-state index in [2.05, 4.69) is 15.9 Å². The molecule has 2 aromatic carbocycles. The predicted molar refractivity (Wildman–Crippen MR) is 116 cm³/mol. The molecule has 4 rings (SSSR count). The summed E-state index contributed by atoms with van der Waals surface area (Å²) in [6, 6.07) is 9.59. The van der Waals surface area contributed by atoms with Crippen molar-refractivity contribution < 1.29 is 19.1 Å². The van der Waals surface area contributed by atoms with Crippen LogP contribution in [0.1, 0.15) is 27.7 Å². The topological polar surface area (TPSA) is 83.2 Å². The first-order chi connectivity index (χ1) is 14.3. The van der Waals surface area contributed by atoms with Crippen LogP contribution < -0.4 is 10.2 Å². The van der Waals surface area contributed by atoms with E-state index >= 15 is 0 Å². The smallest absolute Gasteiger partial charge is 0.290 e. The number of hydrogen-bond donors (Lipinski definition) is 1. The van der Waals surface area contributed by atoms with Gasteiger partial charge in [-0.15, -0.1) is 0 Å². The maximum atomic E-state index is 13.4. The van der Waals surface area contributed by atoms with Crippen molar-refractivity contribution in [3.63, 3.8) is 0 Å². The SMILES string of the molecule is COc1cc(C2c3c(oc4ccccc4c3=O)C(=O)N2CCN(C)C)cc(Br)c1O. The molecule has 0 radical (unpaired) electrons. The molecule has 1 aliphatic rings. The number of benzene rings is 2. The Hall–Kier alpha value is -2.84. The number of halogens is 1. The van der Waals surface area contributed by atoms with E-state index in [1.807, 2.05) is 19.0 Å².